The van der Waals surface area contributed by atoms with Crippen molar-refractivity contribution < 1.29 is 24.9 Å². The number of carbonyl (C=O) groups is 2. The van der Waals surface area contributed by atoms with Crippen molar-refractivity contribution in [1.29, 1.82) is 0 Å². The van der Waals surface area contributed by atoms with E-state index in [4.69, 9.17) is 15.3 Å². The monoisotopic (exact) mass is 162 g/mol. The Morgan fingerprint density at radius 2 is 1.82 bits per heavy atom. The van der Waals surface area contributed by atoms with Crippen molar-refractivity contribution >= 4 is 11.8 Å². The zero-order chi connectivity index (χ0) is 9.23. The van der Waals surface area contributed by atoms with Crippen LogP contribution in [0.25, 0.3) is 0 Å². The molecule has 0 aromatic rings. The van der Waals surface area contributed by atoms with E-state index in [1.165, 1.54) is 0 Å². The van der Waals surface area contributed by atoms with Gasteiger partial charge in [-0.1, -0.05) is 0 Å². The molecule has 0 aliphatic rings. The van der Waals surface area contributed by atoms with Crippen LogP contribution in [0.15, 0.2) is 0 Å². The second-order valence-corrected chi connectivity index (χ2v) is 2.42. The Kier molecular flexibility index (Phi) is 2.72. The number of hydrogen-bond donors (Lipinski definition) is 3. The predicted molar refractivity (Wildman–Crippen MR) is 34.9 cm³/mol. The smallest absolute Gasteiger partial charge is 0.343 e. The predicted octanol–water partition coefficient (Wildman–Crippen LogP) is -1.23. The molecule has 0 amide bonds. The van der Waals surface area contributed by atoms with Crippen molar-refractivity contribution in [3.05, 3.63) is 0 Å². The van der Waals surface area contributed by atoms with Gasteiger partial charge in [0.15, 0.2) is 0 Å². The van der Waals surface area contributed by atoms with E-state index in [2.05, 4.69) is 0 Å². The number of aliphatic carboxylic acids is 1. The number of carboxylic acid groups (broad SMARTS) is 1. The molecule has 0 heterocycles. The highest BCUT2D eigenvalue weighted by molar-refractivity contribution is 6.07. The highest BCUT2D eigenvalue weighted by Crippen LogP contribution is 2.07. The lowest BCUT2D eigenvalue weighted by Gasteiger charge is -2.17. The molecule has 0 aliphatic heterocycles. The molecule has 0 radical (unpaired) electrons. The molecular weight excluding hydrogens is 152 g/mol. The maximum absolute atomic E-state index is 10.7. The molecule has 0 aromatic carbocycles. The van der Waals surface area contributed by atoms with Gasteiger partial charge in [-0.25, -0.2) is 4.79 Å². The number of Topliss-reactive ketones (excluding diaryl/α,β-unsaturated/α-hetero) is 1. The first-order valence-electron chi connectivity index (χ1n) is 2.98. The third-order valence-corrected chi connectivity index (χ3v) is 1.28. The molecule has 5 heteroatoms. The molecule has 0 rings (SSSR count). The van der Waals surface area contributed by atoms with E-state index in [0.29, 0.717) is 0 Å². The molecule has 0 saturated carbocycles. The number of carboxylic acids is 1. The van der Waals surface area contributed by atoms with Crippen molar-refractivity contribution in [2.45, 2.75) is 25.6 Å². The number of rotatable bonds is 3. The highest BCUT2D eigenvalue weighted by atomic mass is 16.4. The normalized spacial score (nSPS) is 18.5. The molecule has 1 unspecified atom stereocenters. The third-order valence-electron chi connectivity index (χ3n) is 1.28. The molecule has 5 nitrogen and oxygen atoms in total. The van der Waals surface area contributed by atoms with Crippen LogP contribution in [-0.2, 0) is 9.59 Å². The number of hydrogen-bond acceptors (Lipinski definition) is 4. The summed E-state index contributed by atoms with van der Waals surface area (Å²) in [6.07, 6.45) is -1.47. The zero-order valence-corrected chi connectivity index (χ0v) is 6.24. The van der Waals surface area contributed by atoms with E-state index >= 15 is 0 Å². The summed E-state index contributed by atoms with van der Waals surface area (Å²) in [7, 11) is 0. The van der Waals surface area contributed by atoms with Gasteiger partial charge in [-0.3, -0.25) is 4.79 Å². The van der Waals surface area contributed by atoms with Gasteiger partial charge in [-0.05, 0) is 13.8 Å². The van der Waals surface area contributed by atoms with Crippen LogP contribution in [-0.4, -0.2) is 38.8 Å². The average molecular weight is 162 g/mol. The third kappa shape index (κ3) is 1.99. The molecule has 11 heavy (non-hydrogen) atoms. The van der Waals surface area contributed by atoms with E-state index in [1.54, 1.807) is 0 Å². The Morgan fingerprint density at radius 3 is 1.91 bits per heavy atom. The molecular formula is C6H10O5. The first-order chi connectivity index (χ1) is 4.80. The minimum atomic E-state index is -2.49. The van der Waals surface area contributed by atoms with Crippen LogP contribution >= 0.6 is 0 Å². The van der Waals surface area contributed by atoms with Gasteiger partial charge in [-0.2, -0.15) is 0 Å². The van der Waals surface area contributed by atoms with E-state index in [1.807, 2.05) is 0 Å². The van der Waals surface area contributed by atoms with Crippen LogP contribution in [0.3, 0.4) is 0 Å². The largest absolute Gasteiger partial charge is 0.479 e. The first kappa shape index (κ1) is 10.1. The van der Waals surface area contributed by atoms with Gasteiger partial charge in [0.25, 0.3) is 0 Å². The Hall–Kier alpha value is -0.940. The molecule has 0 saturated heterocycles. The highest BCUT2D eigenvalue weighted by Gasteiger charge is 2.40. The minimum absolute atomic E-state index is 0.824. The fraction of sp³-hybridized carbons (Fsp3) is 0.667. The topological polar surface area (TPSA) is 94.8 Å². The summed E-state index contributed by atoms with van der Waals surface area (Å²) in [6, 6.07) is 0. The molecule has 0 fully saturated rings. The fourth-order valence-electron chi connectivity index (χ4n) is 0.512. The molecule has 0 bridgehead atoms. The number of aliphatic hydroxyl groups is 2. The SMILES string of the molecule is C[C@H](O)C(=O)C(C)(O)C(=O)O. The average Bonchev–Trinajstić information content (AvgIpc) is 1.85. The number of ketones is 1. The van der Waals surface area contributed by atoms with Gasteiger partial charge in [0.1, 0.15) is 6.10 Å². The van der Waals surface area contributed by atoms with Crippen molar-refractivity contribution in [2.24, 2.45) is 0 Å². The summed E-state index contributed by atoms with van der Waals surface area (Å²) in [4.78, 5) is 20.9. The Bertz CT molecular complexity index is 181. The summed E-state index contributed by atoms with van der Waals surface area (Å²) < 4.78 is 0. The van der Waals surface area contributed by atoms with E-state index in [-0.39, 0.29) is 0 Å². The molecule has 0 spiro atoms. The number of carbonyl (C=O) groups excluding carboxylic acids is 1. The van der Waals surface area contributed by atoms with Crippen LogP contribution in [0, 0.1) is 0 Å². The lowest BCUT2D eigenvalue weighted by atomic mass is 9.98. The van der Waals surface area contributed by atoms with Crippen LogP contribution in [0.1, 0.15) is 13.8 Å². The van der Waals surface area contributed by atoms with Crippen LogP contribution in [0.4, 0.5) is 0 Å². The summed E-state index contributed by atoms with van der Waals surface area (Å²) in [5.74, 6) is -2.78. The van der Waals surface area contributed by atoms with Crippen LogP contribution in [0.5, 0.6) is 0 Å². The van der Waals surface area contributed by atoms with E-state index in [9.17, 15) is 9.59 Å². The summed E-state index contributed by atoms with van der Waals surface area (Å²) >= 11 is 0. The Labute approximate surface area is 63.3 Å². The van der Waals surface area contributed by atoms with Crippen molar-refractivity contribution in [1.82, 2.24) is 0 Å². The first-order valence-corrected chi connectivity index (χ1v) is 2.98. The Morgan fingerprint density at radius 1 is 1.45 bits per heavy atom. The van der Waals surface area contributed by atoms with E-state index in [0.717, 1.165) is 13.8 Å². The quantitative estimate of drug-likeness (QED) is 0.452. The summed E-state index contributed by atoms with van der Waals surface area (Å²) in [5, 5.41) is 25.8. The van der Waals surface area contributed by atoms with Gasteiger partial charge in [-0.15, -0.1) is 0 Å². The van der Waals surface area contributed by atoms with Crippen molar-refractivity contribution in [2.75, 3.05) is 0 Å². The lowest BCUT2D eigenvalue weighted by molar-refractivity contribution is -0.166. The van der Waals surface area contributed by atoms with Crippen LogP contribution in [0.2, 0.25) is 0 Å². The van der Waals surface area contributed by atoms with Gasteiger partial charge < -0.3 is 15.3 Å². The molecule has 64 valence electrons. The summed E-state index contributed by atoms with van der Waals surface area (Å²) in [5.41, 5.74) is -2.49. The second kappa shape index (κ2) is 2.98. The number of aliphatic hydroxyl groups excluding tert-OH is 1. The molecule has 3 N–H and O–H groups in total. The second-order valence-electron chi connectivity index (χ2n) is 2.42. The van der Waals surface area contributed by atoms with Gasteiger partial charge in [0.2, 0.25) is 11.4 Å². The standard InChI is InChI=1S/C6H10O5/c1-3(7)4(8)6(2,11)5(9)10/h3,7,11H,1-2H3,(H,9,10)/t3-,6?/m0/s1. The molecule has 0 aromatic heterocycles. The van der Waals surface area contributed by atoms with E-state index < -0.39 is 23.5 Å². The molecule has 2 atom stereocenters. The van der Waals surface area contributed by atoms with Gasteiger partial charge >= 0.3 is 5.97 Å². The van der Waals surface area contributed by atoms with Crippen molar-refractivity contribution in [3.63, 3.8) is 0 Å². The zero-order valence-electron chi connectivity index (χ0n) is 6.24. The maximum Gasteiger partial charge on any atom is 0.343 e. The summed E-state index contributed by atoms with van der Waals surface area (Å²) in [6.45, 7) is 1.92. The van der Waals surface area contributed by atoms with Gasteiger partial charge in [0.05, 0.1) is 0 Å². The molecule has 0 aliphatic carbocycles. The minimum Gasteiger partial charge on any atom is -0.479 e. The lowest BCUT2D eigenvalue weighted by Crippen LogP contribution is -2.48. The van der Waals surface area contributed by atoms with Crippen LogP contribution < -0.4 is 0 Å². The van der Waals surface area contributed by atoms with Gasteiger partial charge in [0, 0.05) is 0 Å². The van der Waals surface area contributed by atoms with Crippen molar-refractivity contribution in [3.8, 4) is 0 Å². The fourth-order valence-corrected chi connectivity index (χ4v) is 0.512. The Balaban J connectivity index is 4.56. The maximum atomic E-state index is 10.7.